The Morgan fingerprint density at radius 1 is 1.10 bits per heavy atom. The molecule has 122 valence electrons. The van der Waals surface area contributed by atoms with Crippen molar-refractivity contribution in [1.29, 1.82) is 5.26 Å². The van der Waals surface area contributed by atoms with Gasteiger partial charge in [-0.15, -0.1) is 0 Å². The molecular weight excluding hydrogens is 268 g/mol. The van der Waals surface area contributed by atoms with E-state index in [4.69, 9.17) is 14.2 Å². The number of ether oxygens (including phenoxy) is 3. The molecule has 1 aliphatic carbocycles. The van der Waals surface area contributed by atoms with Crippen molar-refractivity contribution in [2.45, 2.75) is 57.0 Å². The van der Waals surface area contributed by atoms with E-state index < -0.39 is 0 Å². The van der Waals surface area contributed by atoms with E-state index in [9.17, 15) is 5.26 Å². The maximum Gasteiger partial charge on any atom is 0.106 e. The lowest BCUT2D eigenvalue weighted by Gasteiger charge is -2.26. The van der Waals surface area contributed by atoms with E-state index in [1.165, 1.54) is 12.8 Å². The molecule has 0 heterocycles. The summed E-state index contributed by atoms with van der Waals surface area (Å²) < 4.78 is 15.9. The second-order valence-electron chi connectivity index (χ2n) is 5.64. The molecule has 21 heavy (non-hydrogen) atoms. The first-order chi connectivity index (χ1) is 10.3. The minimum absolute atomic E-state index is 0.353. The van der Waals surface area contributed by atoms with Gasteiger partial charge in [-0.25, -0.2) is 0 Å². The summed E-state index contributed by atoms with van der Waals surface area (Å²) in [5.41, 5.74) is -0.353. The Hall–Kier alpha value is -0.670. The van der Waals surface area contributed by atoms with Crippen LogP contribution in [-0.2, 0) is 14.2 Å². The zero-order valence-electron chi connectivity index (χ0n) is 13.5. The summed E-state index contributed by atoms with van der Waals surface area (Å²) in [5.74, 6) is 0. The van der Waals surface area contributed by atoms with Crippen molar-refractivity contribution in [1.82, 2.24) is 5.32 Å². The van der Waals surface area contributed by atoms with Crippen molar-refractivity contribution in [2.24, 2.45) is 0 Å². The molecule has 5 heteroatoms. The third-order valence-electron chi connectivity index (χ3n) is 3.78. The number of nitrogens with one attached hydrogen (secondary N) is 1. The Morgan fingerprint density at radius 2 is 1.76 bits per heavy atom. The van der Waals surface area contributed by atoms with Crippen molar-refractivity contribution >= 4 is 0 Å². The molecule has 1 fully saturated rings. The largest absolute Gasteiger partial charge is 0.382 e. The first kappa shape index (κ1) is 18.4. The molecule has 0 aromatic heterocycles. The van der Waals surface area contributed by atoms with Crippen LogP contribution in [0.2, 0.25) is 0 Å². The van der Waals surface area contributed by atoms with E-state index in [0.29, 0.717) is 39.1 Å². The maximum atomic E-state index is 9.42. The van der Waals surface area contributed by atoms with Gasteiger partial charge in [0.1, 0.15) is 5.54 Å². The van der Waals surface area contributed by atoms with Gasteiger partial charge in [0.2, 0.25) is 0 Å². The van der Waals surface area contributed by atoms with Gasteiger partial charge < -0.3 is 14.2 Å². The van der Waals surface area contributed by atoms with Gasteiger partial charge >= 0.3 is 0 Å². The molecular formula is C16H30N2O3. The molecule has 1 N–H and O–H groups in total. The highest BCUT2D eigenvalue weighted by molar-refractivity contribution is 5.09. The summed E-state index contributed by atoms with van der Waals surface area (Å²) in [4.78, 5) is 0. The summed E-state index contributed by atoms with van der Waals surface area (Å²) in [6.45, 7) is 5.51. The standard InChI is InChI=1S/C16H30N2O3/c1-3-16(14-17,18-15-6-7-15)8-4-9-20-10-5-11-21-13-12-19-2/h15,18H,3-13H2,1-2H3. The number of methoxy groups -OCH3 is 1. The average Bonchev–Trinajstić information content (AvgIpc) is 3.32. The van der Waals surface area contributed by atoms with Gasteiger partial charge in [0, 0.05) is 33.0 Å². The van der Waals surface area contributed by atoms with E-state index in [-0.39, 0.29) is 5.54 Å². The number of nitrogens with zero attached hydrogens (tertiary/aromatic N) is 1. The SMILES string of the molecule is CCC(C#N)(CCCOCCCOCCOC)NC1CC1. The van der Waals surface area contributed by atoms with Gasteiger partial charge in [-0.3, -0.25) is 5.32 Å². The van der Waals surface area contributed by atoms with Gasteiger partial charge in [-0.1, -0.05) is 6.92 Å². The van der Waals surface area contributed by atoms with Crippen LogP contribution in [0, 0.1) is 11.3 Å². The van der Waals surface area contributed by atoms with Crippen LogP contribution in [0.1, 0.15) is 45.4 Å². The summed E-state index contributed by atoms with van der Waals surface area (Å²) >= 11 is 0. The third kappa shape index (κ3) is 8.37. The lowest BCUT2D eigenvalue weighted by molar-refractivity contribution is 0.0502. The van der Waals surface area contributed by atoms with Gasteiger partial charge in [0.15, 0.2) is 0 Å². The Balaban J connectivity index is 1.97. The predicted octanol–water partition coefficient (Wildman–Crippen LogP) is 2.26. The smallest absolute Gasteiger partial charge is 0.106 e. The molecule has 0 aromatic rings. The topological polar surface area (TPSA) is 63.5 Å². The highest BCUT2D eigenvalue weighted by atomic mass is 16.5. The van der Waals surface area contributed by atoms with Crippen LogP contribution in [0.5, 0.6) is 0 Å². The van der Waals surface area contributed by atoms with Crippen molar-refractivity contribution in [3.05, 3.63) is 0 Å². The summed E-state index contributed by atoms with van der Waals surface area (Å²) in [6.07, 6.45) is 5.97. The molecule has 5 nitrogen and oxygen atoms in total. The first-order valence-corrected chi connectivity index (χ1v) is 8.09. The van der Waals surface area contributed by atoms with Gasteiger partial charge in [0.05, 0.1) is 19.3 Å². The van der Waals surface area contributed by atoms with Crippen LogP contribution in [0.3, 0.4) is 0 Å². The zero-order valence-corrected chi connectivity index (χ0v) is 13.5. The Morgan fingerprint density at radius 3 is 2.33 bits per heavy atom. The van der Waals surface area contributed by atoms with Crippen molar-refractivity contribution < 1.29 is 14.2 Å². The molecule has 0 amide bonds. The number of nitriles is 1. The molecule has 1 rings (SSSR count). The first-order valence-electron chi connectivity index (χ1n) is 8.09. The molecule has 0 saturated heterocycles. The lowest BCUT2D eigenvalue weighted by Crippen LogP contribution is -2.44. The third-order valence-corrected chi connectivity index (χ3v) is 3.78. The van der Waals surface area contributed by atoms with Crippen molar-refractivity contribution in [2.75, 3.05) is 40.1 Å². The molecule has 1 atom stereocenters. The van der Waals surface area contributed by atoms with Crippen LogP contribution in [0.4, 0.5) is 0 Å². The van der Waals surface area contributed by atoms with Gasteiger partial charge in [0.25, 0.3) is 0 Å². The van der Waals surface area contributed by atoms with Crippen LogP contribution >= 0.6 is 0 Å². The second kappa shape index (κ2) is 11.0. The fourth-order valence-electron chi connectivity index (χ4n) is 2.22. The minimum atomic E-state index is -0.353. The van der Waals surface area contributed by atoms with Crippen LogP contribution < -0.4 is 5.32 Å². The normalized spacial score (nSPS) is 17.4. The van der Waals surface area contributed by atoms with E-state index in [1.54, 1.807) is 7.11 Å². The Bertz CT molecular complexity index is 302. The van der Waals surface area contributed by atoms with Crippen LogP contribution in [0.15, 0.2) is 0 Å². The average molecular weight is 298 g/mol. The highest BCUT2D eigenvalue weighted by Crippen LogP contribution is 2.26. The quantitative estimate of drug-likeness (QED) is 0.498. The molecule has 0 aromatic carbocycles. The van der Waals surface area contributed by atoms with Gasteiger partial charge in [-0.2, -0.15) is 5.26 Å². The van der Waals surface area contributed by atoms with Crippen molar-refractivity contribution in [3.63, 3.8) is 0 Å². The second-order valence-corrected chi connectivity index (χ2v) is 5.64. The Kier molecular flexibility index (Phi) is 9.60. The van der Waals surface area contributed by atoms with E-state index in [1.807, 2.05) is 0 Å². The number of hydrogen-bond donors (Lipinski definition) is 1. The predicted molar refractivity (Wildman–Crippen MR) is 82.2 cm³/mol. The van der Waals surface area contributed by atoms with Crippen LogP contribution in [0.25, 0.3) is 0 Å². The summed E-state index contributed by atoms with van der Waals surface area (Å²) in [6, 6.07) is 3.03. The molecule has 1 aliphatic rings. The molecule has 0 bridgehead atoms. The van der Waals surface area contributed by atoms with E-state index >= 15 is 0 Å². The van der Waals surface area contributed by atoms with Gasteiger partial charge in [-0.05, 0) is 38.5 Å². The zero-order chi connectivity index (χ0) is 15.4. The monoisotopic (exact) mass is 298 g/mol. The number of rotatable bonds is 14. The Labute approximate surface area is 128 Å². The molecule has 1 unspecified atom stereocenters. The molecule has 0 aliphatic heterocycles. The maximum absolute atomic E-state index is 9.42. The highest BCUT2D eigenvalue weighted by Gasteiger charge is 2.34. The summed E-state index contributed by atoms with van der Waals surface area (Å²) in [7, 11) is 1.67. The summed E-state index contributed by atoms with van der Waals surface area (Å²) in [5, 5.41) is 12.9. The molecule has 1 saturated carbocycles. The fourth-order valence-corrected chi connectivity index (χ4v) is 2.22. The minimum Gasteiger partial charge on any atom is -0.382 e. The molecule has 0 spiro atoms. The van der Waals surface area contributed by atoms with Crippen molar-refractivity contribution in [3.8, 4) is 6.07 Å². The molecule has 0 radical (unpaired) electrons. The number of hydrogen-bond acceptors (Lipinski definition) is 5. The fraction of sp³-hybridized carbons (Fsp3) is 0.938. The lowest BCUT2D eigenvalue weighted by atomic mass is 9.92. The van der Waals surface area contributed by atoms with E-state index in [2.05, 4.69) is 18.3 Å². The van der Waals surface area contributed by atoms with E-state index in [0.717, 1.165) is 25.7 Å². The van der Waals surface area contributed by atoms with Crippen LogP contribution in [-0.4, -0.2) is 51.7 Å².